The van der Waals surface area contributed by atoms with E-state index in [1.807, 2.05) is 72.8 Å². The van der Waals surface area contributed by atoms with Crippen molar-refractivity contribution in [3.05, 3.63) is 82.9 Å². The van der Waals surface area contributed by atoms with E-state index < -0.39 is 0 Å². The molecular weight excluding hydrogens is 350 g/mol. The van der Waals surface area contributed by atoms with Gasteiger partial charge in [-0.25, -0.2) is 4.79 Å². The summed E-state index contributed by atoms with van der Waals surface area (Å²) in [5.41, 5.74) is 3.24. The largest absolute Gasteiger partial charge is 0.450 e. The summed E-state index contributed by atoms with van der Waals surface area (Å²) in [7, 11) is 0. The van der Waals surface area contributed by atoms with E-state index in [2.05, 4.69) is 0 Å². The van der Waals surface area contributed by atoms with Crippen molar-refractivity contribution in [1.29, 1.82) is 0 Å². The van der Waals surface area contributed by atoms with Gasteiger partial charge in [0.15, 0.2) is 5.78 Å². The lowest BCUT2D eigenvalue weighted by Gasteiger charge is -2.36. The first-order valence-corrected chi connectivity index (χ1v) is 9.72. The lowest BCUT2D eigenvalue weighted by Crippen LogP contribution is -2.49. The Kier molecular flexibility index (Phi) is 5.11. The molecule has 4 heteroatoms. The molecule has 142 valence electrons. The standard InChI is InChI=1S/C24H23NO3/c1-2-28-24(27)25-21-13-14-22(25)20(16-18-11-7-4-8-12-18)23(26)19(21)15-17-9-5-3-6-10-17/h3-12,15-16,21-22H,2,13-14H2,1H3/b19-15+,20-16+/t21-,22+. The average molecular weight is 373 g/mol. The van der Waals surface area contributed by atoms with Gasteiger partial charge in [-0.3, -0.25) is 9.69 Å². The highest BCUT2D eigenvalue weighted by Gasteiger charge is 2.49. The van der Waals surface area contributed by atoms with Gasteiger partial charge in [0.2, 0.25) is 0 Å². The number of rotatable bonds is 3. The van der Waals surface area contributed by atoms with Crippen LogP contribution in [0, 0.1) is 0 Å². The van der Waals surface area contributed by atoms with Crippen LogP contribution in [0.3, 0.4) is 0 Å². The van der Waals surface area contributed by atoms with Crippen molar-refractivity contribution in [1.82, 2.24) is 4.90 Å². The van der Waals surface area contributed by atoms with Gasteiger partial charge < -0.3 is 4.74 Å². The molecule has 2 aliphatic rings. The highest BCUT2D eigenvalue weighted by atomic mass is 16.6. The number of fused-ring (bicyclic) bond motifs is 2. The summed E-state index contributed by atoms with van der Waals surface area (Å²) in [5, 5.41) is 0. The zero-order valence-corrected chi connectivity index (χ0v) is 15.9. The minimum atomic E-state index is -0.347. The maximum absolute atomic E-state index is 13.4. The number of carbonyl (C=O) groups is 2. The molecule has 2 aromatic rings. The van der Waals surface area contributed by atoms with Crippen LogP contribution in [0.25, 0.3) is 12.2 Å². The van der Waals surface area contributed by atoms with Gasteiger partial charge in [0.25, 0.3) is 0 Å². The molecule has 0 aromatic heterocycles. The van der Waals surface area contributed by atoms with E-state index in [9.17, 15) is 9.59 Å². The first-order valence-electron chi connectivity index (χ1n) is 9.72. The third kappa shape index (κ3) is 3.38. The Bertz CT molecular complexity index is 863. The van der Waals surface area contributed by atoms with Gasteiger partial charge in [-0.1, -0.05) is 60.7 Å². The Morgan fingerprint density at radius 1 is 0.929 bits per heavy atom. The second-order valence-electron chi connectivity index (χ2n) is 7.06. The minimum Gasteiger partial charge on any atom is -0.450 e. The Morgan fingerprint density at radius 2 is 1.39 bits per heavy atom. The molecule has 0 spiro atoms. The Labute approximate surface area is 165 Å². The summed E-state index contributed by atoms with van der Waals surface area (Å²) < 4.78 is 5.32. The molecule has 2 fully saturated rings. The monoisotopic (exact) mass is 373 g/mol. The number of nitrogens with zero attached hydrogens (tertiary/aromatic N) is 1. The molecule has 2 atom stereocenters. The van der Waals surface area contributed by atoms with Crippen LogP contribution in [-0.4, -0.2) is 35.5 Å². The fraction of sp³-hybridized carbons (Fsp3) is 0.250. The first kappa shape index (κ1) is 18.2. The quantitative estimate of drug-likeness (QED) is 0.731. The topological polar surface area (TPSA) is 46.6 Å². The molecule has 2 saturated heterocycles. The molecule has 2 aromatic carbocycles. The molecule has 28 heavy (non-hydrogen) atoms. The molecule has 0 aliphatic carbocycles. The molecule has 2 aliphatic heterocycles. The number of Topliss-reactive ketones (excluding diaryl/α,β-unsaturated/α-hetero) is 1. The van der Waals surface area contributed by atoms with Gasteiger partial charge in [-0.15, -0.1) is 0 Å². The lowest BCUT2D eigenvalue weighted by atomic mass is 9.88. The van der Waals surface area contributed by atoms with Crippen molar-refractivity contribution >= 4 is 24.0 Å². The van der Waals surface area contributed by atoms with Gasteiger partial charge >= 0.3 is 6.09 Å². The number of hydrogen-bond acceptors (Lipinski definition) is 3. The fourth-order valence-corrected chi connectivity index (χ4v) is 4.12. The highest BCUT2D eigenvalue weighted by molar-refractivity contribution is 6.16. The van der Waals surface area contributed by atoms with E-state index >= 15 is 0 Å². The van der Waals surface area contributed by atoms with Crippen LogP contribution >= 0.6 is 0 Å². The number of hydrogen-bond donors (Lipinski definition) is 0. The van der Waals surface area contributed by atoms with Crippen LogP contribution in [0.4, 0.5) is 4.79 Å². The summed E-state index contributed by atoms with van der Waals surface area (Å²) in [5.74, 6) is 0.0285. The molecule has 2 bridgehead atoms. The van der Waals surface area contributed by atoms with Crippen molar-refractivity contribution in [2.24, 2.45) is 0 Å². The molecule has 0 saturated carbocycles. The van der Waals surface area contributed by atoms with Crippen molar-refractivity contribution in [3.8, 4) is 0 Å². The molecule has 0 unspecified atom stereocenters. The second-order valence-corrected chi connectivity index (χ2v) is 7.06. The van der Waals surface area contributed by atoms with Gasteiger partial charge in [0.05, 0.1) is 18.7 Å². The maximum atomic E-state index is 13.4. The third-order valence-corrected chi connectivity index (χ3v) is 5.35. The fourth-order valence-electron chi connectivity index (χ4n) is 4.12. The van der Waals surface area contributed by atoms with Gasteiger partial charge in [-0.2, -0.15) is 0 Å². The number of ketones is 1. The van der Waals surface area contributed by atoms with Crippen molar-refractivity contribution < 1.29 is 14.3 Å². The van der Waals surface area contributed by atoms with Crippen LogP contribution in [0.1, 0.15) is 30.9 Å². The zero-order chi connectivity index (χ0) is 19.5. The molecule has 0 N–H and O–H groups in total. The van der Waals surface area contributed by atoms with E-state index in [0.717, 1.165) is 24.0 Å². The number of ether oxygens (including phenoxy) is 1. The van der Waals surface area contributed by atoms with Crippen LogP contribution in [0.5, 0.6) is 0 Å². The van der Waals surface area contributed by atoms with Crippen LogP contribution in [0.15, 0.2) is 71.8 Å². The lowest BCUT2D eigenvalue weighted by molar-refractivity contribution is -0.114. The zero-order valence-electron chi connectivity index (χ0n) is 15.9. The molecule has 2 heterocycles. The molecule has 4 nitrogen and oxygen atoms in total. The number of piperidine rings is 1. The summed E-state index contributed by atoms with van der Waals surface area (Å²) in [6.07, 6.45) is 5.01. The molecule has 4 rings (SSSR count). The summed E-state index contributed by atoms with van der Waals surface area (Å²) in [4.78, 5) is 27.9. The Hall–Kier alpha value is -3.14. The van der Waals surface area contributed by atoms with E-state index in [1.165, 1.54) is 0 Å². The first-order chi connectivity index (χ1) is 13.7. The molecular formula is C24H23NO3. The van der Waals surface area contributed by atoms with Gasteiger partial charge in [-0.05, 0) is 43.0 Å². The van der Waals surface area contributed by atoms with Crippen molar-refractivity contribution in [2.45, 2.75) is 31.8 Å². The number of amides is 1. The van der Waals surface area contributed by atoms with Crippen molar-refractivity contribution in [3.63, 3.8) is 0 Å². The summed E-state index contributed by atoms with van der Waals surface area (Å²) >= 11 is 0. The Balaban J connectivity index is 1.81. The smallest absolute Gasteiger partial charge is 0.410 e. The summed E-state index contributed by atoms with van der Waals surface area (Å²) in [6, 6.07) is 19.1. The van der Waals surface area contributed by atoms with E-state index in [4.69, 9.17) is 4.74 Å². The van der Waals surface area contributed by atoms with Crippen molar-refractivity contribution in [2.75, 3.05) is 6.61 Å². The van der Waals surface area contributed by atoms with Gasteiger partial charge in [0, 0.05) is 11.1 Å². The normalized spacial score (nSPS) is 24.0. The average Bonchev–Trinajstić information content (AvgIpc) is 3.11. The predicted octanol–water partition coefficient (Wildman–Crippen LogP) is 4.73. The van der Waals surface area contributed by atoms with E-state index in [0.29, 0.717) is 17.8 Å². The maximum Gasteiger partial charge on any atom is 0.410 e. The summed E-state index contributed by atoms with van der Waals surface area (Å²) in [6.45, 7) is 2.12. The number of carbonyl (C=O) groups excluding carboxylic acids is 2. The van der Waals surface area contributed by atoms with Gasteiger partial charge in [0.1, 0.15) is 0 Å². The van der Waals surface area contributed by atoms with E-state index in [-0.39, 0.29) is 24.0 Å². The minimum absolute atomic E-state index is 0.0285. The predicted molar refractivity (Wildman–Crippen MR) is 110 cm³/mol. The third-order valence-electron chi connectivity index (χ3n) is 5.35. The number of benzene rings is 2. The molecule has 0 radical (unpaired) electrons. The van der Waals surface area contributed by atoms with E-state index in [1.54, 1.807) is 11.8 Å². The second kappa shape index (κ2) is 7.85. The highest BCUT2D eigenvalue weighted by Crippen LogP contribution is 2.41. The molecule has 1 amide bonds. The SMILES string of the molecule is CCOC(=O)N1[C@@H]2CC[C@H]1/C(=C\c1ccccc1)C(=O)/C2=C/c1ccccc1. The van der Waals surface area contributed by atoms with Crippen LogP contribution in [0.2, 0.25) is 0 Å². The van der Waals surface area contributed by atoms with Crippen LogP contribution < -0.4 is 0 Å². The van der Waals surface area contributed by atoms with Crippen LogP contribution in [-0.2, 0) is 9.53 Å². The Morgan fingerprint density at radius 3 is 1.82 bits per heavy atom.